The van der Waals surface area contributed by atoms with Gasteiger partial charge < -0.3 is 9.72 Å². The first kappa shape index (κ1) is 13.1. The highest BCUT2D eigenvalue weighted by molar-refractivity contribution is 6.35. The number of aromatic amines is 1. The minimum atomic E-state index is -0.363. The van der Waals surface area contributed by atoms with E-state index in [1.54, 1.807) is 13.2 Å². The van der Waals surface area contributed by atoms with E-state index in [9.17, 15) is 4.79 Å². The molecule has 0 saturated heterocycles. The van der Waals surface area contributed by atoms with E-state index in [4.69, 9.17) is 16.3 Å². The van der Waals surface area contributed by atoms with Crippen LogP contribution in [0.4, 0.5) is 0 Å². The summed E-state index contributed by atoms with van der Waals surface area (Å²) in [5.74, 6) is 0.230. The summed E-state index contributed by atoms with van der Waals surface area (Å²) in [5.41, 5.74) is 3.01. The van der Waals surface area contributed by atoms with Gasteiger partial charge in [0.05, 0.1) is 16.1 Å². The average Bonchev–Trinajstić information content (AvgIpc) is 2.88. The van der Waals surface area contributed by atoms with Crippen LogP contribution in [0.25, 0.3) is 10.9 Å². The molecule has 1 heterocycles. The van der Waals surface area contributed by atoms with E-state index in [1.807, 2.05) is 18.2 Å². The fraction of sp³-hybridized carbons (Fsp3) is 0.353. The number of methoxy groups -OCH3 is 1. The highest BCUT2D eigenvalue weighted by Crippen LogP contribution is 2.49. The molecule has 0 unspecified atom stereocenters. The van der Waals surface area contributed by atoms with Crippen LogP contribution >= 0.6 is 11.6 Å². The Morgan fingerprint density at radius 1 is 1.43 bits per heavy atom. The molecule has 21 heavy (non-hydrogen) atoms. The van der Waals surface area contributed by atoms with Crippen LogP contribution in [0.2, 0.25) is 5.02 Å². The lowest BCUT2D eigenvalue weighted by atomic mass is 9.68. The van der Waals surface area contributed by atoms with Crippen molar-refractivity contribution in [1.29, 1.82) is 0 Å². The van der Waals surface area contributed by atoms with Crippen molar-refractivity contribution in [3.63, 3.8) is 0 Å². The maximum absolute atomic E-state index is 11.9. The fourth-order valence-electron chi connectivity index (χ4n) is 3.88. The SMILES string of the molecule is CO[C@@]12C=CC(=O)C[C@@H]1c1c([nH]c3c(Cl)cccc13)CC2. The summed E-state index contributed by atoms with van der Waals surface area (Å²) in [7, 11) is 1.74. The number of para-hydroxylation sites is 1. The average molecular weight is 302 g/mol. The fourth-order valence-corrected chi connectivity index (χ4v) is 4.10. The summed E-state index contributed by atoms with van der Waals surface area (Å²) in [6.07, 6.45) is 5.91. The number of hydrogen-bond donors (Lipinski definition) is 1. The molecule has 0 aliphatic heterocycles. The number of allylic oxidation sites excluding steroid dienone is 1. The molecule has 3 nitrogen and oxygen atoms in total. The molecule has 0 fully saturated rings. The van der Waals surface area contributed by atoms with Crippen LogP contribution in [0.1, 0.15) is 30.0 Å². The van der Waals surface area contributed by atoms with E-state index < -0.39 is 0 Å². The molecule has 2 atom stereocenters. The molecule has 4 heteroatoms. The topological polar surface area (TPSA) is 42.1 Å². The molecule has 0 amide bonds. The summed E-state index contributed by atoms with van der Waals surface area (Å²) < 4.78 is 5.85. The minimum absolute atomic E-state index is 0.0657. The van der Waals surface area contributed by atoms with Crippen molar-refractivity contribution in [1.82, 2.24) is 4.98 Å². The Morgan fingerprint density at radius 3 is 3.10 bits per heavy atom. The number of aryl methyl sites for hydroxylation is 1. The molecule has 1 N–H and O–H groups in total. The second-order valence-corrected chi connectivity index (χ2v) is 6.30. The van der Waals surface area contributed by atoms with Crippen molar-refractivity contribution in [2.24, 2.45) is 0 Å². The van der Waals surface area contributed by atoms with Gasteiger partial charge in [0.25, 0.3) is 0 Å². The van der Waals surface area contributed by atoms with Gasteiger partial charge in [0, 0.05) is 30.5 Å². The Bertz CT molecular complexity index is 776. The first-order chi connectivity index (χ1) is 10.1. The number of ether oxygens (including phenoxy) is 1. The number of hydrogen-bond acceptors (Lipinski definition) is 2. The largest absolute Gasteiger partial charge is 0.373 e. The molecule has 1 aromatic heterocycles. The van der Waals surface area contributed by atoms with Gasteiger partial charge in [-0.2, -0.15) is 0 Å². The van der Waals surface area contributed by atoms with Crippen LogP contribution in [-0.4, -0.2) is 23.5 Å². The van der Waals surface area contributed by atoms with Crippen LogP contribution < -0.4 is 0 Å². The predicted octanol–water partition coefficient (Wildman–Crippen LogP) is 3.77. The van der Waals surface area contributed by atoms with Crippen molar-refractivity contribution in [3.8, 4) is 0 Å². The lowest BCUT2D eigenvalue weighted by molar-refractivity contribution is -0.118. The Morgan fingerprint density at radius 2 is 2.29 bits per heavy atom. The zero-order valence-corrected chi connectivity index (χ0v) is 12.5. The van der Waals surface area contributed by atoms with Crippen molar-refractivity contribution in [2.75, 3.05) is 7.11 Å². The molecule has 0 bridgehead atoms. The Kier molecular flexibility index (Phi) is 2.78. The van der Waals surface area contributed by atoms with Gasteiger partial charge in [-0.05, 0) is 36.6 Å². The highest BCUT2D eigenvalue weighted by atomic mass is 35.5. The summed E-state index contributed by atoms with van der Waals surface area (Å²) in [5, 5.41) is 1.84. The van der Waals surface area contributed by atoms with E-state index in [-0.39, 0.29) is 17.3 Å². The molecular weight excluding hydrogens is 286 g/mol. The van der Waals surface area contributed by atoms with Gasteiger partial charge in [-0.15, -0.1) is 0 Å². The third-order valence-electron chi connectivity index (χ3n) is 4.95. The molecule has 0 spiro atoms. The van der Waals surface area contributed by atoms with E-state index >= 15 is 0 Å². The Labute approximate surface area is 127 Å². The van der Waals surface area contributed by atoms with Crippen LogP contribution in [0.5, 0.6) is 0 Å². The third-order valence-corrected chi connectivity index (χ3v) is 5.26. The highest BCUT2D eigenvalue weighted by Gasteiger charge is 2.46. The van der Waals surface area contributed by atoms with Gasteiger partial charge in [0.2, 0.25) is 0 Å². The molecule has 0 radical (unpaired) electrons. The van der Waals surface area contributed by atoms with Gasteiger partial charge in [0.15, 0.2) is 5.78 Å². The van der Waals surface area contributed by atoms with Crippen molar-refractivity contribution in [2.45, 2.75) is 30.8 Å². The monoisotopic (exact) mass is 301 g/mol. The van der Waals surface area contributed by atoms with Crippen molar-refractivity contribution < 1.29 is 9.53 Å². The van der Waals surface area contributed by atoms with Crippen LogP contribution in [0, 0.1) is 0 Å². The molecule has 2 aromatic rings. The summed E-state index contributed by atoms with van der Waals surface area (Å²) in [6.45, 7) is 0. The second kappa shape index (κ2) is 4.46. The van der Waals surface area contributed by atoms with E-state index in [1.165, 1.54) is 11.3 Å². The number of nitrogens with one attached hydrogen (secondary N) is 1. The standard InChI is InChI=1S/C17H16ClNO2/c1-21-17-7-5-10(20)9-12(17)15-11-3-2-4-13(18)16(11)19-14(15)6-8-17/h2-5,7,12,19H,6,8-9H2,1H3/t12-,17-/m1/s1. The second-order valence-electron chi connectivity index (χ2n) is 5.90. The van der Waals surface area contributed by atoms with Crippen LogP contribution in [0.15, 0.2) is 30.4 Å². The molecule has 2 aliphatic carbocycles. The smallest absolute Gasteiger partial charge is 0.156 e. The van der Waals surface area contributed by atoms with Crippen LogP contribution in [0.3, 0.4) is 0 Å². The summed E-state index contributed by atoms with van der Waals surface area (Å²) >= 11 is 6.31. The zero-order chi connectivity index (χ0) is 14.6. The Balaban J connectivity index is 1.99. The van der Waals surface area contributed by atoms with E-state index in [0.29, 0.717) is 6.42 Å². The maximum atomic E-state index is 11.9. The first-order valence-electron chi connectivity index (χ1n) is 7.21. The van der Waals surface area contributed by atoms with E-state index in [2.05, 4.69) is 11.1 Å². The van der Waals surface area contributed by atoms with E-state index in [0.717, 1.165) is 28.8 Å². The number of carbonyl (C=O) groups is 1. The molecule has 108 valence electrons. The molecule has 4 rings (SSSR count). The molecule has 1 aromatic carbocycles. The molecule has 2 aliphatic rings. The normalized spacial score (nSPS) is 27.7. The number of aromatic nitrogens is 1. The van der Waals surface area contributed by atoms with Gasteiger partial charge in [-0.1, -0.05) is 23.7 Å². The van der Waals surface area contributed by atoms with Crippen molar-refractivity contribution in [3.05, 3.63) is 46.6 Å². The third kappa shape index (κ3) is 1.74. The van der Waals surface area contributed by atoms with Gasteiger partial charge >= 0.3 is 0 Å². The lowest BCUT2D eigenvalue weighted by Crippen LogP contribution is -2.43. The van der Waals surface area contributed by atoms with Gasteiger partial charge in [-0.3, -0.25) is 4.79 Å². The minimum Gasteiger partial charge on any atom is -0.373 e. The number of fused-ring (bicyclic) bond motifs is 5. The van der Waals surface area contributed by atoms with Crippen molar-refractivity contribution >= 4 is 28.3 Å². The lowest BCUT2D eigenvalue weighted by Gasteiger charge is -2.42. The maximum Gasteiger partial charge on any atom is 0.156 e. The number of ketones is 1. The quantitative estimate of drug-likeness (QED) is 0.871. The van der Waals surface area contributed by atoms with Gasteiger partial charge in [-0.25, -0.2) is 0 Å². The molecule has 0 saturated carbocycles. The predicted molar refractivity (Wildman–Crippen MR) is 82.9 cm³/mol. The first-order valence-corrected chi connectivity index (χ1v) is 7.58. The van der Waals surface area contributed by atoms with Gasteiger partial charge in [0.1, 0.15) is 0 Å². The number of halogens is 1. The summed E-state index contributed by atoms with van der Waals surface area (Å²) in [4.78, 5) is 15.4. The number of rotatable bonds is 1. The zero-order valence-electron chi connectivity index (χ0n) is 11.8. The molecular formula is C17H16ClNO2. The Hall–Kier alpha value is -1.58. The summed E-state index contributed by atoms with van der Waals surface area (Å²) in [6, 6.07) is 5.93. The number of benzene rings is 1. The number of H-pyrrole nitrogens is 1. The van der Waals surface area contributed by atoms with Crippen LogP contribution in [-0.2, 0) is 16.0 Å². The number of carbonyl (C=O) groups excluding carboxylic acids is 1.